The van der Waals surface area contributed by atoms with Crippen molar-refractivity contribution in [1.29, 1.82) is 0 Å². The van der Waals surface area contributed by atoms with Crippen LogP contribution in [0, 0.1) is 13.8 Å². The number of ether oxygens (including phenoxy) is 1. The molecule has 140 valence electrons. The summed E-state index contributed by atoms with van der Waals surface area (Å²) in [6, 6.07) is 12.9. The maximum atomic E-state index is 12.5. The zero-order chi connectivity index (χ0) is 19.4. The number of carbonyl (C=O) groups excluding carboxylic acids is 1. The minimum atomic E-state index is -0.122. The Balaban J connectivity index is 1.62. The Morgan fingerprint density at radius 1 is 1.22 bits per heavy atom. The van der Waals surface area contributed by atoms with Gasteiger partial charge in [0, 0.05) is 35.9 Å². The van der Waals surface area contributed by atoms with E-state index in [0.717, 1.165) is 28.1 Å². The van der Waals surface area contributed by atoms with Crippen LogP contribution in [0.5, 0.6) is 5.75 Å². The van der Waals surface area contributed by atoms with Crippen molar-refractivity contribution in [2.75, 3.05) is 0 Å². The van der Waals surface area contributed by atoms with Crippen LogP contribution in [0.25, 0.3) is 0 Å². The Kier molecular flexibility index (Phi) is 5.81. The zero-order valence-corrected chi connectivity index (χ0v) is 16.4. The summed E-state index contributed by atoms with van der Waals surface area (Å²) in [6.07, 6.45) is 1.91. The highest BCUT2D eigenvalue weighted by atomic mass is 35.5. The monoisotopic (exact) mass is 383 g/mol. The van der Waals surface area contributed by atoms with Gasteiger partial charge in [-0.3, -0.25) is 9.48 Å². The molecule has 1 N–H and O–H groups in total. The van der Waals surface area contributed by atoms with Crippen molar-refractivity contribution < 1.29 is 9.53 Å². The fourth-order valence-corrected chi connectivity index (χ4v) is 3.06. The van der Waals surface area contributed by atoms with Gasteiger partial charge >= 0.3 is 0 Å². The summed E-state index contributed by atoms with van der Waals surface area (Å²) in [5, 5.41) is 7.90. The maximum absolute atomic E-state index is 12.5. The molecule has 1 heterocycles. The van der Waals surface area contributed by atoms with Crippen LogP contribution in [0.3, 0.4) is 0 Å². The van der Waals surface area contributed by atoms with E-state index in [9.17, 15) is 4.79 Å². The molecule has 0 aliphatic heterocycles. The number of carbonyl (C=O) groups is 1. The van der Waals surface area contributed by atoms with Gasteiger partial charge < -0.3 is 10.1 Å². The lowest BCUT2D eigenvalue weighted by atomic mass is 10.1. The predicted molar refractivity (Wildman–Crippen MR) is 106 cm³/mol. The minimum Gasteiger partial charge on any atom is -0.489 e. The number of nitrogens with one attached hydrogen (secondary N) is 1. The smallest absolute Gasteiger partial charge is 0.251 e. The van der Waals surface area contributed by atoms with E-state index in [1.807, 2.05) is 57.4 Å². The van der Waals surface area contributed by atoms with E-state index in [4.69, 9.17) is 16.3 Å². The summed E-state index contributed by atoms with van der Waals surface area (Å²) in [6.45, 7) is 4.71. The third-order valence-corrected chi connectivity index (χ3v) is 4.51. The molecule has 5 nitrogen and oxygen atoms in total. The van der Waals surface area contributed by atoms with Gasteiger partial charge in [-0.1, -0.05) is 23.7 Å². The van der Waals surface area contributed by atoms with Gasteiger partial charge in [-0.2, -0.15) is 5.10 Å². The SMILES string of the molecule is Cc1cc(Cl)ccc1OCc1cccc(C(=O)NCc2cn(C)nc2C)c1. The van der Waals surface area contributed by atoms with E-state index < -0.39 is 0 Å². The van der Waals surface area contributed by atoms with Crippen LogP contribution in [0.15, 0.2) is 48.7 Å². The highest BCUT2D eigenvalue weighted by Gasteiger charge is 2.09. The number of benzene rings is 2. The Morgan fingerprint density at radius 2 is 2.04 bits per heavy atom. The first-order valence-corrected chi connectivity index (χ1v) is 9.05. The first-order chi connectivity index (χ1) is 12.9. The summed E-state index contributed by atoms with van der Waals surface area (Å²) in [4.78, 5) is 12.5. The summed E-state index contributed by atoms with van der Waals surface area (Å²) in [7, 11) is 1.87. The number of aromatic nitrogens is 2. The number of halogens is 1. The molecule has 0 spiro atoms. The second kappa shape index (κ2) is 8.27. The average molecular weight is 384 g/mol. The second-order valence-corrected chi connectivity index (χ2v) is 6.93. The molecule has 3 aromatic rings. The molecular weight excluding hydrogens is 362 g/mol. The van der Waals surface area contributed by atoms with Crippen LogP contribution >= 0.6 is 11.6 Å². The molecule has 6 heteroatoms. The first-order valence-electron chi connectivity index (χ1n) is 8.67. The predicted octanol–water partition coefficient (Wildman–Crippen LogP) is 4.20. The third kappa shape index (κ3) is 4.89. The van der Waals surface area contributed by atoms with Crippen molar-refractivity contribution in [3.8, 4) is 5.75 Å². The van der Waals surface area contributed by atoms with Crippen LogP contribution in [-0.2, 0) is 20.2 Å². The minimum absolute atomic E-state index is 0.122. The molecule has 0 bridgehead atoms. The fourth-order valence-electron chi connectivity index (χ4n) is 2.84. The molecule has 0 aliphatic rings. The molecule has 0 saturated carbocycles. The van der Waals surface area contributed by atoms with Gasteiger partial charge in [0.15, 0.2) is 0 Å². The lowest BCUT2D eigenvalue weighted by molar-refractivity contribution is 0.0950. The van der Waals surface area contributed by atoms with Gasteiger partial charge in [0.05, 0.1) is 5.69 Å². The number of hydrogen-bond acceptors (Lipinski definition) is 3. The molecule has 0 atom stereocenters. The average Bonchev–Trinajstić information content (AvgIpc) is 2.96. The van der Waals surface area contributed by atoms with Crippen molar-refractivity contribution in [1.82, 2.24) is 15.1 Å². The highest BCUT2D eigenvalue weighted by molar-refractivity contribution is 6.30. The van der Waals surface area contributed by atoms with Gasteiger partial charge in [0.25, 0.3) is 5.91 Å². The molecule has 0 unspecified atom stereocenters. The van der Waals surface area contributed by atoms with E-state index in [1.54, 1.807) is 16.8 Å². The number of aryl methyl sites for hydroxylation is 3. The number of rotatable bonds is 6. The van der Waals surface area contributed by atoms with Crippen LogP contribution in [0.4, 0.5) is 0 Å². The Morgan fingerprint density at radius 3 is 2.74 bits per heavy atom. The van der Waals surface area contributed by atoms with Crippen molar-refractivity contribution in [2.45, 2.75) is 27.0 Å². The van der Waals surface area contributed by atoms with Crippen LogP contribution in [0.1, 0.15) is 32.7 Å². The molecule has 27 heavy (non-hydrogen) atoms. The van der Waals surface area contributed by atoms with Crippen molar-refractivity contribution in [3.63, 3.8) is 0 Å². The molecule has 0 radical (unpaired) electrons. The van der Waals surface area contributed by atoms with Crippen molar-refractivity contribution in [3.05, 3.63) is 81.6 Å². The Bertz CT molecular complexity index is 966. The van der Waals surface area contributed by atoms with Gasteiger partial charge in [0.2, 0.25) is 0 Å². The van der Waals surface area contributed by atoms with Crippen molar-refractivity contribution in [2.24, 2.45) is 7.05 Å². The van der Waals surface area contributed by atoms with E-state index >= 15 is 0 Å². The molecule has 3 rings (SSSR count). The van der Waals surface area contributed by atoms with Gasteiger partial charge in [0.1, 0.15) is 12.4 Å². The van der Waals surface area contributed by atoms with E-state index in [1.165, 1.54) is 0 Å². The van der Waals surface area contributed by atoms with Crippen LogP contribution < -0.4 is 10.1 Å². The summed E-state index contributed by atoms with van der Waals surface area (Å²) >= 11 is 5.97. The lowest BCUT2D eigenvalue weighted by Gasteiger charge is -2.10. The lowest BCUT2D eigenvalue weighted by Crippen LogP contribution is -2.23. The molecule has 1 amide bonds. The van der Waals surface area contributed by atoms with Gasteiger partial charge in [-0.25, -0.2) is 0 Å². The highest BCUT2D eigenvalue weighted by Crippen LogP contribution is 2.23. The Hall–Kier alpha value is -2.79. The number of hydrogen-bond donors (Lipinski definition) is 1. The summed E-state index contributed by atoms with van der Waals surface area (Å²) in [5.41, 5.74) is 4.42. The second-order valence-electron chi connectivity index (χ2n) is 6.49. The molecule has 0 saturated heterocycles. The molecular formula is C21H22ClN3O2. The van der Waals surface area contributed by atoms with Crippen molar-refractivity contribution >= 4 is 17.5 Å². The Labute approximate surface area is 163 Å². The van der Waals surface area contributed by atoms with E-state index in [0.29, 0.717) is 23.7 Å². The van der Waals surface area contributed by atoms with Gasteiger partial charge in [-0.15, -0.1) is 0 Å². The summed E-state index contributed by atoms with van der Waals surface area (Å²) in [5.74, 6) is 0.657. The first kappa shape index (κ1) is 19.0. The largest absolute Gasteiger partial charge is 0.489 e. The third-order valence-electron chi connectivity index (χ3n) is 4.28. The quantitative estimate of drug-likeness (QED) is 0.694. The maximum Gasteiger partial charge on any atom is 0.251 e. The normalized spacial score (nSPS) is 10.7. The number of amides is 1. The zero-order valence-electron chi connectivity index (χ0n) is 15.6. The fraction of sp³-hybridized carbons (Fsp3) is 0.238. The van der Waals surface area contributed by atoms with E-state index in [-0.39, 0.29) is 5.91 Å². The topological polar surface area (TPSA) is 56.1 Å². The number of nitrogens with zero attached hydrogens (tertiary/aromatic N) is 2. The molecule has 0 fully saturated rings. The van der Waals surface area contributed by atoms with Gasteiger partial charge in [-0.05, 0) is 55.3 Å². The van der Waals surface area contributed by atoms with E-state index in [2.05, 4.69) is 10.4 Å². The molecule has 0 aliphatic carbocycles. The summed E-state index contributed by atoms with van der Waals surface area (Å²) < 4.78 is 7.60. The molecule has 2 aromatic carbocycles. The standard InChI is InChI=1S/C21H22ClN3O2/c1-14-9-19(22)7-8-20(14)27-13-16-5-4-6-17(10-16)21(26)23-11-18-12-25(3)24-15(18)2/h4-10,12H,11,13H2,1-3H3,(H,23,26). The van der Waals surface area contributed by atoms with Crippen LogP contribution in [0.2, 0.25) is 5.02 Å². The molecule has 1 aromatic heterocycles. The van der Waals surface area contributed by atoms with Crippen LogP contribution in [-0.4, -0.2) is 15.7 Å².